The number of halogens is 1. The van der Waals surface area contributed by atoms with Gasteiger partial charge in [0.2, 0.25) is 10.0 Å². The number of ether oxygens (including phenoxy) is 2. The molecule has 0 aliphatic heterocycles. The van der Waals surface area contributed by atoms with Gasteiger partial charge in [0.25, 0.3) is 11.8 Å². The van der Waals surface area contributed by atoms with E-state index in [0.29, 0.717) is 0 Å². The molecule has 0 aliphatic carbocycles. The molecule has 2 amide bonds. The summed E-state index contributed by atoms with van der Waals surface area (Å²) in [5, 5.41) is 2.05. The van der Waals surface area contributed by atoms with Crippen molar-refractivity contribution in [1.82, 2.24) is 10.0 Å². The fraction of sp³-hybridized carbons (Fsp3) is 0.286. The molecule has 0 saturated carbocycles. The number of esters is 1. The third-order valence-corrected chi connectivity index (χ3v) is 5.75. The first-order chi connectivity index (χ1) is 15.1. The summed E-state index contributed by atoms with van der Waals surface area (Å²) in [6.45, 7) is 2.26. The highest BCUT2D eigenvalue weighted by Crippen LogP contribution is 2.17. The highest BCUT2D eigenvalue weighted by atomic mass is 32.2. The summed E-state index contributed by atoms with van der Waals surface area (Å²) in [5.74, 6) is -4.05. The van der Waals surface area contributed by atoms with Gasteiger partial charge in [-0.05, 0) is 30.2 Å². The summed E-state index contributed by atoms with van der Waals surface area (Å²) in [4.78, 5) is 36.0. The number of carbonyl (C=O) groups is 3. The number of rotatable bonds is 9. The van der Waals surface area contributed by atoms with Gasteiger partial charge in [-0.3, -0.25) is 19.7 Å². The molecule has 2 aromatic carbocycles. The molecule has 2 rings (SSSR count). The molecule has 1 atom stereocenters. The first-order valence-corrected chi connectivity index (χ1v) is 11.0. The van der Waals surface area contributed by atoms with Crippen LogP contribution in [0.1, 0.15) is 24.2 Å². The van der Waals surface area contributed by atoms with Gasteiger partial charge in [0, 0.05) is 0 Å². The van der Waals surface area contributed by atoms with E-state index in [-0.39, 0.29) is 11.3 Å². The minimum absolute atomic E-state index is 0.104. The predicted molar refractivity (Wildman–Crippen MR) is 112 cm³/mol. The third-order valence-electron chi connectivity index (χ3n) is 4.28. The summed E-state index contributed by atoms with van der Waals surface area (Å²) in [5.41, 5.74) is 0.104. The van der Waals surface area contributed by atoms with Crippen LogP contribution in [-0.2, 0) is 24.3 Å². The maximum absolute atomic E-state index is 13.9. The first kappa shape index (κ1) is 25.0. The number of para-hydroxylation sites is 1. The second-order valence-corrected chi connectivity index (χ2v) is 8.64. The van der Waals surface area contributed by atoms with Crippen molar-refractivity contribution in [2.75, 3.05) is 13.7 Å². The maximum Gasteiger partial charge on any atom is 0.324 e. The van der Waals surface area contributed by atoms with Gasteiger partial charge in [-0.25, -0.2) is 12.8 Å². The molecule has 0 bridgehead atoms. The van der Waals surface area contributed by atoms with E-state index in [1.54, 1.807) is 26.0 Å². The number of imide groups is 1. The second-order valence-electron chi connectivity index (χ2n) is 6.96. The summed E-state index contributed by atoms with van der Waals surface area (Å²) >= 11 is 0. The van der Waals surface area contributed by atoms with Gasteiger partial charge >= 0.3 is 5.97 Å². The van der Waals surface area contributed by atoms with Crippen LogP contribution in [-0.4, -0.2) is 46.0 Å². The summed E-state index contributed by atoms with van der Waals surface area (Å²) in [7, 11) is -3.01. The van der Waals surface area contributed by atoms with Crippen molar-refractivity contribution in [3.63, 3.8) is 0 Å². The van der Waals surface area contributed by atoms with Gasteiger partial charge in [-0.15, -0.1) is 0 Å². The lowest BCUT2D eigenvalue weighted by atomic mass is 10.1. The van der Waals surface area contributed by atoms with Crippen molar-refractivity contribution in [2.24, 2.45) is 5.92 Å². The lowest BCUT2D eigenvalue weighted by Crippen LogP contribution is -2.46. The number of benzene rings is 2. The first-order valence-electron chi connectivity index (χ1n) is 9.47. The highest BCUT2D eigenvalue weighted by Gasteiger charge is 2.31. The Kier molecular flexibility index (Phi) is 8.44. The molecule has 0 fully saturated rings. The highest BCUT2D eigenvalue weighted by molar-refractivity contribution is 7.89. The molecule has 2 aromatic rings. The van der Waals surface area contributed by atoms with E-state index < -0.39 is 57.1 Å². The zero-order valence-electron chi connectivity index (χ0n) is 17.6. The Morgan fingerprint density at radius 3 is 2.28 bits per heavy atom. The fourth-order valence-electron chi connectivity index (χ4n) is 2.64. The van der Waals surface area contributed by atoms with E-state index in [4.69, 9.17) is 9.47 Å². The molecule has 0 heterocycles. The number of nitrogens with one attached hydrogen (secondary N) is 2. The van der Waals surface area contributed by atoms with E-state index >= 15 is 0 Å². The molecular formula is C21H23FN2O7S. The van der Waals surface area contributed by atoms with Crippen molar-refractivity contribution in [3.8, 4) is 5.75 Å². The Hall–Kier alpha value is -3.31. The van der Waals surface area contributed by atoms with Gasteiger partial charge < -0.3 is 9.47 Å². The molecule has 1 unspecified atom stereocenters. The predicted octanol–water partition coefficient (Wildman–Crippen LogP) is 1.64. The number of sulfonamides is 1. The van der Waals surface area contributed by atoms with Crippen LogP contribution in [0, 0.1) is 11.7 Å². The van der Waals surface area contributed by atoms with Crippen LogP contribution >= 0.6 is 0 Å². The average molecular weight is 466 g/mol. The molecule has 0 aliphatic rings. The van der Waals surface area contributed by atoms with Gasteiger partial charge in [-0.2, -0.15) is 4.72 Å². The lowest BCUT2D eigenvalue weighted by Gasteiger charge is -2.20. The summed E-state index contributed by atoms with van der Waals surface area (Å²) in [6, 6.07) is 9.50. The minimum atomic E-state index is -4.38. The lowest BCUT2D eigenvalue weighted by molar-refractivity contribution is -0.150. The van der Waals surface area contributed by atoms with Crippen molar-refractivity contribution in [3.05, 3.63) is 59.9 Å². The van der Waals surface area contributed by atoms with E-state index in [2.05, 4.69) is 10.0 Å². The largest absolute Gasteiger partial charge is 0.496 e. The van der Waals surface area contributed by atoms with Gasteiger partial charge in [0.05, 0.1) is 12.7 Å². The smallest absolute Gasteiger partial charge is 0.324 e. The standard InChI is InChI=1S/C21H23FN2O7S/c1-13(2)19(24-32(28,29)17-11-7-5-9-15(17)22)21(27)31-12-18(25)23-20(26)14-8-4-6-10-16(14)30-3/h4-11,13,19,24H,12H2,1-3H3,(H,23,25,26). The van der Waals surface area contributed by atoms with Crippen molar-refractivity contribution < 1.29 is 36.7 Å². The van der Waals surface area contributed by atoms with Crippen LogP contribution in [0.3, 0.4) is 0 Å². The van der Waals surface area contributed by atoms with Gasteiger partial charge in [0.1, 0.15) is 22.5 Å². The molecule has 2 N–H and O–H groups in total. The number of hydrogen-bond donors (Lipinski definition) is 2. The van der Waals surface area contributed by atoms with E-state index in [9.17, 15) is 27.2 Å². The Labute approximate surface area is 185 Å². The zero-order chi connectivity index (χ0) is 23.9. The quantitative estimate of drug-likeness (QED) is 0.538. The SMILES string of the molecule is COc1ccccc1C(=O)NC(=O)COC(=O)C(NS(=O)(=O)c1ccccc1F)C(C)C. The van der Waals surface area contributed by atoms with E-state index in [1.807, 2.05) is 0 Å². The van der Waals surface area contributed by atoms with Crippen molar-refractivity contribution >= 4 is 27.8 Å². The number of amides is 2. The third kappa shape index (κ3) is 6.34. The Morgan fingerprint density at radius 1 is 1.03 bits per heavy atom. The van der Waals surface area contributed by atoms with Crippen LogP contribution < -0.4 is 14.8 Å². The topological polar surface area (TPSA) is 128 Å². The summed E-state index contributed by atoms with van der Waals surface area (Å²) in [6.07, 6.45) is 0. The Morgan fingerprint density at radius 2 is 1.66 bits per heavy atom. The van der Waals surface area contributed by atoms with Gasteiger partial charge in [-0.1, -0.05) is 38.1 Å². The molecule has 0 radical (unpaired) electrons. The fourth-order valence-corrected chi connectivity index (χ4v) is 4.05. The monoisotopic (exact) mass is 466 g/mol. The second kappa shape index (κ2) is 10.8. The number of hydrogen-bond acceptors (Lipinski definition) is 7. The normalized spacial score (nSPS) is 12.2. The maximum atomic E-state index is 13.9. The van der Waals surface area contributed by atoms with E-state index in [1.165, 1.54) is 31.4 Å². The molecule has 32 heavy (non-hydrogen) atoms. The average Bonchev–Trinajstić information content (AvgIpc) is 2.75. The van der Waals surface area contributed by atoms with Crippen LogP contribution in [0.15, 0.2) is 53.4 Å². The van der Waals surface area contributed by atoms with Crippen LogP contribution in [0.2, 0.25) is 0 Å². The van der Waals surface area contributed by atoms with Crippen LogP contribution in [0.5, 0.6) is 5.75 Å². The molecule has 0 aromatic heterocycles. The molecule has 172 valence electrons. The molecule has 0 spiro atoms. The van der Waals surface area contributed by atoms with Crippen molar-refractivity contribution in [1.29, 1.82) is 0 Å². The van der Waals surface area contributed by atoms with Gasteiger partial charge in [0.15, 0.2) is 6.61 Å². The molecule has 11 heteroatoms. The van der Waals surface area contributed by atoms with Crippen LogP contribution in [0.4, 0.5) is 4.39 Å². The zero-order valence-corrected chi connectivity index (χ0v) is 18.4. The molecule has 9 nitrogen and oxygen atoms in total. The molecule has 0 saturated heterocycles. The Bertz CT molecular complexity index is 1100. The minimum Gasteiger partial charge on any atom is -0.496 e. The summed E-state index contributed by atoms with van der Waals surface area (Å²) < 4.78 is 50.9. The van der Waals surface area contributed by atoms with E-state index in [0.717, 1.165) is 12.1 Å². The molecular weight excluding hydrogens is 443 g/mol. The number of carbonyl (C=O) groups excluding carboxylic acids is 3. The van der Waals surface area contributed by atoms with Crippen molar-refractivity contribution in [2.45, 2.75) is 24.8 Å². The van der Waals surface area contributed by atoms with Crippen LogP contribution in [0.25, 0.3) is 0 Å². The number of methoxy groups -OCH3 is 1. The Balaban J connectivity index is 2.02.